The molecule has 1 heterocycles. The number of rotatable bonds is 5. The Morgan fingerprint density at radius 1 is 1.00 bits per heavy atom. The van der Waals surface area contributed by atoms with E-state index in [1.165, 1.54) is 0 Å². The lowest BCUT2D eigenvalue weighted by molar-refractivity contribution is 1.26. The van der Waals surface area contributed by atoms with Gasteiger partial charge in [-0.3, -0.25) is 4.98 Å². The fourth-order valence-electron chi connectivity index (χ4n) is 2.04. The van der Waals surface area contributed by atoms with Gasteiger partial charge in [0.2, 0.25) is 0 Å². The molecule has 0 amide bonds. The zero-order valence-corrected chi connectivity index (χ0v) is 11.6. The Balaban J connectivity index is 2.45. The molecule has 0 aliphatic rings. The van der Waals surface area contributed by atoms with Crippen molar-refractivity contribution in [1.82, 2.24) is 4.98 Å². The van der Waals surface area contributed by atoms with Crippen LogP contribution < -0.4 is 0 Å². The average molecular weight is 250 g/mol. The monoisotopic (exact) mass is 250 g/mol. The van der Waals surface area contributed by atoms with Crippen molar-refractivity contribution >= 4 is 12.6 Å². The summed E-state index contributed by atoms with van der Waals surface area (Å²) in [5, 5.41) is 0. The zero-order valence-electron chi connectivity index (χ0n) is 11.6. The predicted octanol–water partition coefficient (Wildman–Crippen LogP) is 3.95. The van der Waals surface area contributed by atoms with Crippen molar-refractivity contribution < 1.29 is 0 Å². The van der Waals surface area contributed by atoms with E-state index in [1.807, 2.05) is 42.6 Å². The van der Waals surface area contributed by atoms with Gasteiger partial charge in [0, 0.05) is 11.8 Å². The Hall–Kier alpha value is -1.90. The van der Waals surface area contributed by atoms with Crippen molar-refractivity contribution in [3.05, 3.63) is 66.0 Å². The van der Waals surface area contributed by atoms with Crippen LogP contribution in [-0.4, -0.2) is 17.5 Å². The van der Waals surface area contributed by atoms with E-state index in [9.17, 15) is 0 Å². The molecule has 0 fully saturated rings. The van der Waals surface area contributed by atoms with Crippen LogP contribution in [0.2, 0.25) is 12.6 Å². The lowest BCUT2D eigenvalue weighted by atomic mass is 9.58. The molecule has 2 rings (SSSR count). The molecule has 3 heteroatoms. The van der Waals surface area contributed by atoms with Crippen molar-refractivity contribution in [2.24, 2.45) is 4.90 Å². The molecule has 0 aliphatic heterocycles. The number of aromatic nitrogens is 1. The van der Waals surface area contributed by atoms with E-state index in [2.05, 4.69) is 31.0 Å². The van der Waals surface area contributed by atoms with Gasteiger partial charge >= 0.3 is 0 Å². The van der Waals surface area contributed by atoms with Gasteiger partial charge in [0.25, 0.3) is 6.85 Å². The molecule has 0 atom stereocenters. The molecule has 0 N–H and O–H groups in total. The lowest BCUT2D eigenvalue weighted by Crippen LogP contribution is -2.14. The number of pyridine rings is 1. The first-order valence-corrected chi connectivity index (χ1v) is 6.89. The van der Waals surface area contributed by atoms with Gasteiger partial charge in [-0.25, -0.2) is 0 Å². The maximum absolute atomic E-state index is 4.91. The second-order valence-corrected chi connectivity index (χ2v) is 4.53. The van der Waals surface area contributed by atoms with Crippen LogP contribution in [-0.2, 0) is 0 Å². The molecule has 0 spiro atoms. The fourth-order valence-corrected chi connectivity index (χ4v) is 2.04. The smallest absolute Gasteiger partial charge is 0.279 e. The van der Waals surface area contributed by atoms with Gasteiger partial charge in [0.05, 0.1) is 11.4 Å². The molecular weight excluding hydrogens is 231 g/mol. The Labute approximate surface area is 115 Å². The Morgan fingerprint density at radius 3 is 2.26 bits per heavy atom. The van der Waals surface area contributed by atoms with Gasteiger partial charge in [0.15, 0.2) is 0 Å². The standard InChI is InChI=1S/C16H19BN2/c1-3-17(4-2)19-16(14-10-6-5-7-11-14)15-12-8-9-13-18-15/h5-13H,3-4H2,1-2H3/b19-16-. The maximum atomic E-state index is 4.91. The second kappa shape index (κ2) is 6.88. The van der Waals surface area contributed by atoms with Crippen LogP contribution in [0.4, 0.5) is 0 Å². The molecule has 0 saturated carbocycles. The number of hydrogen-bond donors (Lipinski definition) is 0. The minimum absolute atomic E-state index is 0.359. The predicted molar refractivity (Wildman–Crippen MR) is 83.0 cm³/mol. The number of nitrogens with zero attached hydrogens (tertiary/aromatic N) is 2. The Bertz CT molecular complexity index is 477. The minimum Gasteiger partial charge on any atom is -0.340 e. The summed E-state index contributed by atoms with van der Waals surface area (Å²) >= 11 is 0. The molecule has 0 bridgehead atoms. The summed E-state index contributed by atoms with van der Waals surface area (Å²) in [4.78, 5) is 9.35. The second-order valence-electron chi connectivity index (χ2n) is 4.53. The normalized spacial score (nSPS) is 11.4. The molecule has 1 aromatic carbocycles. The third-order valence-corrected chi connectivity index (χ3v) is 3.21. The van der Waals surface area contributed by atoms with Gasteiger partial charge in [-0.05, 0) is 12.1 Å². The highest BCUT2D eigenvalue weighted by Gasteiger charge is 2.12. The first kappa shape index (κ1) is 13.5. The van der Waals surface area contributed by atoms with Crippen LogP contribution in [0.25, 0.3) is 0 Å². The summed E-state index contributed by atoms with van der Waals surface area (Å²) in [6, 6.07) is 16.3. The Kier molecular flexibility index (Phi) is 4.90. The molecule has 2 nitrogen and oxygen atoms in total. The highest BCUT2D eigenvalue weighted by atomic mass is 14.7. The van der Waals surface area contributed by atoms with Crippen LogP contribution in [0, 0.1) is 0 Å². The van der Waals surface area contributed by atoms with Gasteiger partial charge in [-0.2, -0.15) is 0 Å². The largest absolute Gasteiger partial charge is 0.340 e. The zero-order chi connectivity index (χ0) is 13.5. The van der Waals surface area contributed by atoms with Gasteiger partial charge in [0.1, 0.15) is 0 Å². The summed E-state index contributed by atoms with van der Waals surface area (Å²) in [6.45, 7) is 4.72. The summed E-state index contributed by atoms with van der Waals surface area (Å²) in [7, 11) is 0. The highest BCUT2D eigenvalue weighted by molar-refractivity contribution is 6.59. The topological polar surface area (TPSA) is 25.2 Å². The average Bonchev–Trinajstić information content (AvgIpc) is 2.50. The van der Waals surface area contributed by atoms with E-state index >= 15 is 0 Å². The van der Waals surface area contributed by atoms with Crippen LogP contribution in [0.15, 0.2) is 59.6 Å². The van der Waals surface area contributed by atoms with E-state index in [0.29, 0.717) is 6.85 Å². The van der Waals surface area contributed by atoms with E-state index in [0.717, 1.165) is 29.6 Å². The molecule has 2 aromatic rings. The van der Waals surface area contributed by atoms with E-state index in [1.54, 1.807) is 0 Å². The third-order valence-electron chi connectivity index (χ3n) is 3.21. The van der Waals surface area contributed by atoms with Crippen molar-refractivity contribution in [1.29, 1.82) is 0 Å². The van der Waals surface area contributed by atoms with Crippen molar-refractivity contribution in [3.8, 4) is 0 Å². The van der Waals surface area contributed by atoms with Gasteiger partial charge in [-0.15, -0.1) is 0 Å². The van der Waals surface area contributed by atoms with Gasteiger partial charge in [-0.1, -0.05) is 62.9 Å². The van der Waals surface area contributed by atoms with Crippen LogP contribution in [0.5, 0.6) is 0 Å². The first-order valence-electron chi connectivity index (χ1n) is 6.89. The quantitative estimate of drug-likeness (QED) is 0.582. The van der Waals surface area contributed by atoms with Crippen LogP contribution >= 0.6 is 0 Å². The Morgan fingerprint density at radius 2 is 1.68 bits per heavy atom. The summed E-state index contributed by atoms with van der Waals surface area (Å²) in [5.74, 6) is 0. The van der Waals surface area contributed by atoms with Crippen LogP contribution in [0.1, 0.15) is 25.1 Å². The van der Waals surface area contributed by atoms with Crippen molar-refractivity contribution in [2.45, 2.75) is 26.5 Å². The van der Waals surface area contributed by atoms with E-state index in [-0.39, 0.29) is 0 Å². The third kappa shape index (κ3) is 3.54. The fraction of sp³-hybridized carbons (Fsp3) is 0.250. The van der Waals surface area contributed by atoms with E-state index in [4.69, 9.17) is 4.90 Å². The highest BCUT2D eigenvalue weighted by Crippen LogP contribution is 2.11. The molecule has 0 radical (unpaired) electrons. The molecule has 1 aromatic heterocycles. The lowest BCUT2D eigenvalue weighted by Gasteiger charge is -2.10. The molecular formula is C16H19BN2. The summed E-state index contributed by atoms with van der Waals surface area (Å²) < 4.78 is 0. The molecule has 0 aliphatic carbocycles. The number of hydrogen-bond acceptors (Lipinski definition) is 2. The minimum atomic E-state index is 0.359. The molecule has 0 unspecified atom stereocenters. The SMILES string of the molecule is CCB(CC)/N=C(/c1ccccc1)c1ccccn1. The van der Waals surface area contributed by atoms with Crippen LogP contribution in [0.3, 0.4) is 0 Å². The maximum Gasteiger partial charge on any atom is 0.279 e. The number of benzene rings is 1. The molecule has 19 heavy (non-hydrogen) atoms. The summed E-state index contributed by atoms with van der Waals surface area (Å²) in [5.41, 5.74) is 3.07. The molecule has 96 valence electrons. The summed E-state index contributed by atoms with van der Waals surface area (Å²) in [6.07, 6.45) is 3.93. The van der Waals surface area contributed by atoms with E-state index < -0.39 is 0 Å². The first-order chi connectivity index (χ1) is 9.35. The van der Waals surface area contributed by atoms with Crippen molar-refractivity contribution in [3.63, 3.8) is 0 Å². The van der Waals surface area contributed by atoms with Gasteiger partial charge < -0.3 is 4.90 Å². The molecule has 0 saturated heterocycles. The van der Waals surface area contributed by atoms with Crippen molar-refractivity contribution in [2.75, 3.05) is 0 Å².